The van der Waals surface area contributed by atoms with Gasteiger partial charge in [-0.2, -0.15) is 5.26 Å². The molecule has 5 nitrogen and oxygen atoms in total. The highest BCUT2D eigenvalue weighted by molar-refractivity contribution is 7.98. The monoisotopic (exact) mass is 260 g/mol. The van der Waals surface area contributed by atoms with E-state index in [-0.39, 0.29) is 16.0 Å². The van der Waals surface area contributed by atoms with Crippen molar-refractivity contribution in [3.8, 4) is 6.07 Å². The van der Waals surface area contributed by atoms with Crippen LogP contribution in [0.3, 0.4) is 0 Å². The molecule has 0 saturated heterocycles. The van der Waals surface area contributed by atoms with Crippen molar-refractivity contribution >= 4 is 23.2 Å². The van der Waals surface area contributed by atoms with Gasteiger partial charge < -0.3 is 5.11 Å². The normalized spacial score (nSPS) is 10.2. The van der Waals surface area contributed by atoms with Gasteiger partial charge in [0, 0.05) is 11.1 Å². The third kappa shape index (κ3) is 1.65. The lowest BCUT2D eigenvalue weighted by molar-refractivity contribution is 0.0694. The molecule has 0 bridgehead atoms. The van der Waals surface area contributed by atoms with Gasteiger partial charge in [-0.25, -0.2) is 4.79 Å². The first-order valence-electron chi connectivity index (χ1n) is 4.96. The van der Waals surface area contributed by atoms with Crippen molar-refractivity contribution in [1.82, 2.24) is 4.40 Å². The van der Waals surface area contributed by atoms with Crippen LogP contribution in [-0.2, 0) is 0 Å². The van der Waals surface area contributed by atoms with Crippen LogP contribution in [0.1, 0.15) is 15.9 Å². The van der Waals surface area contributed by atoms with E-state index in [0.717, 1.165) is 11.8 Å². The summed E-state index contributed by atoms with van der Waals surface area (Å²) in [4.78, 5) is 23.6. The van der Waals surface area contributed by atoms with Crippen LogP contribution < -0.4 is 5.56 Å². The van der Waals surface area contributed by atoms with E-state index in [0.29, 0.717) is 5.52 Å². The highest BCUT2D eigenvalue weighted by atomic mass is 32.2. The minimum Gasteiger partial charge on any atom is -0.478 e. The van der Waals surface area contributed by atoms with Crippen molar-refractivity contribution in [1.29, 1.82) is 5.26 Å². The number of fused-ring (bicyclic) bond motifs is 1. The molecule has 0 aliphatic rings. The zero-order chi connectivity index (χ0) is 13.3. The minimum atomic E-state index is -1.15. The van der Waals surface area contributed by atoms with Crippen LogP contribution in [0.25, 0.3) is 5.52 Å². The SMILES string of the molecule is CSc1c(C#N)c(=O)n2ccccc2c1C(=O)O. The van der Waals surface area contributed by atoms with E-state index >= 15 is 0 Å². The van der Waals surface area contributed by atoms with Gasteiger partial charge in [0.25, 0.3) is 5.56 Å². The number of thioether (sulfide) groups is 1. The molecule has 2 heterocycles. The topological polar surface area (TPSA) is 82.6 Å². The van der Waals surface area contributed by atoms with Gasteiger partial charge in [0.15, 0.2) is 0 Å². The largest absolute Gasteiger partial charge is 0.478 e. The Morgan fingerprint density at radius 3 is 2.78 bits per heavy atom. The Hall–Kier alpha value is -2.26. The quantitative estimate of drug-likeness (QED) is 0.829. The van der Waals surface area contributed by atoms with Gasteiger partial charge in [-0.1, -0.05) is 6.07 Å². The smallest absolute Gasteiger partial charge is 0.339 e. The van der Waals surface area contributed by atoms with E-state index in [1.807, 2.05) is 0 Å². The molecule has 0 aliphatic carbocycles. The van der Waals surface area contributed by atoms with E-state index < -0.39 is 11.5 Å². The summed E-state index contributed by atoms with van der Waals surface area (Å²) in [6.45, 7) is 0. The summed E-state index contributed by atoms with van der Waals surface area (Å²) in [5, 5.41) is 18.3. The minimum absolute atomic E-state index is 0.0146. The summed E-state index contributed by atoms with van der Waals surface area (Å²) in [6.07, 6.45) is 3.09. The summed E-state index contributed by atoms with van der Waals surface area (Å²) < 4.78 is 1.18. The summed E-state index contributed by atoms with van der Waals surface area (Å²) in [6, 6.07) is 6.59. The predicted octanol–water partition coefficient (Wildman–Crippen LogP) is 1.59. The molecule has 0 amide bonds. The number of aromatic carboxylic acids is 1. The van der Waals surface area contributed by atoms with Gasteiger partial charge >= 0.3 is 5.97 Å². The molecule has 0 aromatic carbocycles. The number of hydrogen-bond donors (Lipinski definition) is 1. The number of rotatable bonds is 2. The lowest BCUT2D eigenvalue weighted by atomic mass is 10.1. The number of nitrogens with zero attached hydrogens (tertiary/aromatic N) is 2. The molecular formula is C12H8N2O3S. The first kappa shape index (κ1) is 12.2. The molecule has 90 valence electrons. The van der Waals surface area contributed by atoms with Gasteiger partial charge in [0.1, 0.15) is 11.6 Å². The average molecular weight is 260 g/mol. The van der Waals surface area contributed by atoms with Crippen LogP contribution in [0, 0.1) is 11.3 Å². The molecule has 0 saturated carbocycles. The third-order valence-electron chi connectivity index (χ3n) is 2.53. The maximum Gasteiger partial charge on any atom is 0.339 e. The number of pyridine rings is 2. The van der Waals surface area contributed by atoms with Gasteiger partial charge in [-0.15, -0.1) is 11.8 Å². The molecule has 0 unspecified atom stereocenters. The fourth-order valence-corrected chi connectivity index (χ4v) is 2.53. The second-order valence-electron chi connectivity index (χ2n) is 3.46. The third-order valence-corrected chi connectivity index (χ3v) is 3.35. The molecule has 0 aliphatic heterocycles. The Morgan fingerprint density at radius 1 is 1.50 bits per heavy atom. The Labute approximate surface area is 106 Å². The van der Waals surface area contributed by atoms with Crippen molar-refractivity contribution in [2.45, 2.75) is 4.90 Å². The number of carboxylic acid groups (broad SMARTS) is 1. The van der Waals surface area contributed by atoms with E-state index in [2.05, 4.69) is 0 Å². The van der Waals surface area contributed by atoms with Gasteiger partial charge in [-0.05, 0) is 18.4 Å². The molecule has 6 heteroatoms. The number of hydrogen-bond acceptors (Lipinski definition) is 4. The first-order chi connectivity index (χ1) is 8.61. The molecule has 2 aromatic heterocycles. The van der Waals surface area contributed by atoms with Crippen LogP contribution >= 0.6 is 11.8 Å². The van der Waals surface area contributed by atoms with Crippen LogP contribution in [0.2, 0.25) is 0 Å². The van der Waals surface area contributed by atoms with E-state index in [9.17, 15) is 14.7 Å². The molecule has 18 heavy (non-hydrogen) atoms. The van der Waals surface area contributed by atoms with E-state index in [4.69, 9.17) is 5.26 Å². The van der Waals surface area contributed by atoms with Gasteiger partial charge in [0.2, 0.25) is 0 Å². The zero-order valence-corrected chi connectivity index (χ0v) is 10.2. The Kier molecular flexibility index (Phi) is 3.08. The van der Waals surface area contributed by atoms with E-state index in [1.54, 1.807) is 30.5 Å². The Bertz CT molecular complexity index is 743. The summed E-state index contributed by atoms with van der Waals surface area (Å²) >= 11 is 1.09. The average Bonchev–Trinajstić information content (AvgIpc) is 2.38. The first-order valence-corrected chi connectivity index (χ1v) is 6.19. The fraction of sp³-hybridized carbons (Fsp3) is 0.0833. The summed E-state index contributed by atoms with van der Waals surface area (Å²) in [7, 11) is 0. The predicted molar refractivity (Wildman–Crippen MR) is 67.1 cm³/mol. The van der Waals surface area contributed by atoms with Crippen LogP contribution in [0.15, 0.2) is 34.1 Å². The lowest BCUT2D eigenvalue weighted by Gasteiger charge is -2.10. The second-order valence-corrected chi connectivity index (χ2v) is 4.28. The highest BCUT2D eigenvalue weighted by Gasteiger charge is 2.21. The maximum atomic E-state index is 12.0. The van der Waals surface area contributed by atoms with Crippen molar-refractivity contribution < 1.29 is 9.90 Å². The molecule has 1 N–H and O–H groups in total. The van der Waals surface area contributed by atoms with Crippen molar-refractivity contribution in [2.24, 2.45) is 0 Å². The highest BCUT2D eigenvalue weighted by Crippen LogP contribution is 2.26. The molecule has 0 radical (unpaired) electrons. The maximum absolute atomic E-state index is 12.0. The van der Waals surface area contributed by atoms with Crippen LogP contribution in [-0.4, -0.2) is 21.7 Å². The molecule has 0 fully saturated rings. The van der Waals surface area contributed by atoms with Crippen molar-refractivity contribution in [3.63, 3.8) is 0 Å². The fourth-order valence-electron chi connectivity index (χ4n) is 1.79. The Morgan fingerprint density at radius 2 is 2.22 bits per heavy atom. The second kappa shape index (κ2) is 4.55. The van der Waals surface area contributed by atoms with Crippen molar-refractivity contribution in [2.75, 3.05) is 6.26 Å². The molecule has 2 rings (SSSR count). The lowest BCUT2D eigenvalue weighted by Crippen LogP contribution is -2.21. The van der Waals surface area contributed by atoms with Gasteiger partial charge in [-0.3, -0.25) is 9.20 Å². The van der Waals surface area contributed by atoms with Crippen molar-refractivity contribution in [3.05, 3.63) is 45.9 Å². The molecule has 0 spiro atoms. The Balaban J connectivity index is 3.13. The van der Waals surface area contributed by atoms with Crippen LogP contribution in [0.5, 0.6) is 0 Å². The zero-order valence-electron chi connectivity index (χ0n) is 9.38. The molecule has 2 aromatic rings. The number of aromatic nitrogens is 1. The number of nitriles is 1. The number of carboxylic acids is 1. The van der Waals surface area contributed by atoms with Crippen LogP contribution in [0.4, 0.5) is 0 Å². The standard InChI is InChI=1S/C12H8N2O3S/c1-18-10-7(6-13)11(15)14-5-3-2-4-8(14)9(10)12(16)17/h2-5H,1H3,(H,16,17). The van der Waals surface area contributed by atoms with E-state index in [1.165, 1.54) is 10.6 Å². The summed E-state index contributed by atoms with van der Waals surface area (Å²) in [5.74, 6) is -1.15. The number of carbonyl (C=O) groups is 1. The molecule has 0 atom stereocenters. The van der Waals surface area contributed by atoms with Gasteiger partial charge in [0.05, 0.1) is 11.1 Å². The molecular weight excluding hydrogens is 252 g/mol. The summed E-state index contributed by atoms with van der Waals surface area (Å²) in [5.41, 5.74) is -0.358.